The molecule has 0 bridgehead atoms. The summed E-state index contributed by atoms with van der Waals surface area (Å²) in [7, 11) is 0. The Labute approximate surface area is 164 Å². The number of aryl methyl sites for hydroxylation is 1. The molecule has 0 radical (unpaired) electrons. The second-order valence-electron chi connectivity index (χ2n) is 6.62. The maximum absolute atomic E-state index is 5.89. The molecule has 1 saturated heterocycles. The van der Waals surface area contributed by atoms with Gasteiger partial charge in [-0.3, -0.25) is 4.98 Å². The summed E-state index contributed by atoms with van der Waals surface area (Å²) in [5.41, 5.74) is 3.02. The molecule has 3 aromatic heterocycles. The molecule has 4 rings (SSSR count). The summed E-state index contributed by atoms with van der Waals surface area (Å²) < 4.78 is 11.2. The molecule has 144 valence electrons. The number of nitrogens with one attached hydrogen (secondary N) is 1. The average molecular weight is 377 g/mol. The minimum Gasteiger partial charge on any atom is -0.472 e. The van der Waals surface area contributed by atoms with Gasteiger partial charge in [-0.15, -0.1) is 0 Å². The van der Waals surface area contributed by atoms with E-state index in [4.69, 9.17) is 9.47 Å². The van der Waals surface area contributed by atoms with E-state index in [-0.39, 0.29) is 6.10 Å². The smallest absolute Gasteiger partial charge is 0.213 e. The lowest BCUT2D eigenvalue weighted by molar-refractivity contribution is 0.138. The van der Waals surface area contributed by atoms with Crippen molar-refractivity contribution in [2.75, 3.05) is 18.5 Å². The normalized spacial score (nSPS) is 16.1. The third kappa shape index (κ3) is 4.61. The summed E-state index contributed by atoms with van der Waals surface area (Å²) in [5, 5.41) is 3.39. The molecule has 0 spiro atoms. The molecule has 0 amide bonds. The van der Waals surface area contributed by atoms with Crippen molar-refractivity contribution in [3.05, 3.63) is 60.2 Å². The van der Waals surface area contributed by atoms with Gasteiger partial charge in [-0.25, -0.2) is 15.0 Å². The lowest BCUT2D eigenvalue weighted by Crippen LogP contribution is -2.16. The first-order chi connectivity index (χ1) is 13.8. The number of rotatable bonds is 7. The highest BCUT2D eigenvalue weighted by atomic mass is 16.5. The molecule has 0 aliphatic carbocycles. The molecule has 1 fully saturated rings. The molecule has 7 heteroatoms. The van der Waals surface area contributed by atoms with E-state index >= 15 is 0 Å². The van der Waals surface area contributed by atoms with Crippen LogP contribution in [0.1, 0.15) is 24.6 Å². The van der Waals surface area contributed by atoms with Crippen molar-refractivity contribution in [1.29, 1.82) is 0 Å². The summed E-state index contributed by atoms with van der Waals surface area (Å²) >= 11 is 0. The van der Waals surface area contributed by atoms with Crippen LogP contribution in [0.3, 0.4) is 0 Å². The molecule has 1 atom stereocenters. The van der Waals surface area contributed by atoms with Crippen molar-refractivity contribution >= 4 is 5.82 Å². The van der Waals surface area contributed by atoms with Crippen LogP contribution in [-0.4, -0.2) is 39.3 Å². The molecule has 3 aromatic rings. The van der Waals surface area contributed by atoms with E-state index in [2.05, 4.69) is 32.2 Å². The minimum absolute atomic E-state index is 0.0904. The standard InChI is InChI=1S/C21H23N5O2/c1-2-17-12-19(26-21(25-17)16-4-7-22-8-5-16)24-13-15-3-9-23-20(11-15)28-18-6-10-27-14-18/h3-5,7-9,11-12,18H,2,6,10,13-14H2,1H3,(H,24,25,26). The fourth-order valence-electron chi connectivity index (χ4n) is 2.99. The fourth-order valence-corrected chi connectivity index (χ4v) is 2.99. The maximum Gasteiger partial charge on any atom is 0.213 e. The fraction of sp³-hybridized carbons (Fsp3) is 0.333. The molecular formula is C21H23N5O2. The predicted molar refractivity (Wildman–Crippen MR) is 106 cm³/mol. The molecule has 4 heterocycles. The van der Waals surface area contributed by atoms with Gasteiger partial charge in [-0.1, -0.05) is 6.92 Å². The number of ether oxygens (including phenoxy) is 2. The van der Waals surface area contributed by atoms with Gasteiger partial charge in [-0.05, 0) is 30.2 Å². The van der Waals surface area contributed by atoms with Crippen LogP contribution in [0.4, 0.5) is 5.82 Å². The highest BCUT2D eigenvalue weighted by Crippen LogP contribution is 2.19. The maximum atomic E-state index is 5.89. The van der Waals surface area contributed by atoms with Crippen molar-refractivity contribution < 1.29 is 9.47 Å². The van der Waals surface area contributed by atoms with Crippen LogP contribution in [0.15, 0.2) is 48.9 Å². The zero-order chi connectivity index (χ0) is 19.2. The summed E-state index contributed by atoms with van der Waals surface area (Å²) in [6.45, 7) is 4.08. The predicted octanol–water partition coefficient (Wildman–Crippen LogP) is 3.28. The Bertz CT molecular complexity index is 914. The molecule has 1 aliphatic rings. The van der Waals surface area contributed by atoms with E-state index in [1.807, 2.05) is 30.3 Å². The van der Waals surface area contributed by atoms with Crippen molar-refractivity contribution in [2.24, 2.45) is 0 Å². The molecule has 7 nitrogen and oxygen atoms in total. The van der Waals surface area contributed by atoms with E-state index in [0.717, 1.165) is 42.1 Å². The van der Waals surface area contributed by atoms with Gasteiger partial charge in [-0.2, -0.15) is 0 Å². The summed E-state index contributed by atoms with van der Waals surface area (Å²) in [6, 6.07) is 9.74. The van der Waals surface area contributed by atoms with Gasteiger partial charge >= 0.3 is 0 Å². The Morgan fingerprint density at radius 1 is 1.14 bits per heavy atom. The van der Waals surface area contributed by atoms with Gasteiger partial charge in [0.2, 0.25) is 5.88 Å². The number of pyridine rings is 2. The van der Waals surface area contributed by atoms with E-state index in [1.165, 1.54) is 0 Å². The first kappa shape index (κ1) is 18.3. The number of nitrogens with zero attached hydrogens (tertiary/aromatic N) is 4. The third-order valence-electron chi connectivity index (χ3n) is 4.53. The van der Waals surface area contributed by atoms with E-state index in [9.17, 15) is 0 Å². The van der Waals surface area contributed by atoms with Crippen LogP contribution >= 0.6 is 0 Å². The van der Waals surface area contributed by atoms with Gasteiger partial charge in [0.15, 0.2) is 5.82 Å². The lowest BCUT2D eigenvalue weighted by atomic mass is 10.2. The van der Waals surface area contributed by atoms with Crippen LogP contribution in [0, 0.1) is 0 Å². The van der Waals surface area contributed by atoms with Gasteiger partial charge in [0, 0.05) is 54.9 Å². The molecule has 1 aliphatic heterocycles. The van der Waals surface area contributed by atoms with Crippen molar-refractivity contribution in [3.63, 3.8) is 0 Å². The number of hydrogen-bond donors (Lipinski definition) is 1. The number of aromatic nitrogens is 4. The summed E-state index contributed by atoms with van der Waals surface area (Å²) in [5.74, 6) is 2.12. The number of hydrogen-bond acceptors (Lipinski definition) is 7. The lowest BCUT2D eigenvalue weighted by Gasteiger charge is -2.12. The second-order valence-corrected chi connectivity index (χ2v) is 6.62. The molecular weight excluding hydrogens is 354 g/mol. The zero-order valence-corrected chi connectivity index (χ0v) is 15.8. The Hall–Kier alpha value is -3.06. The first-order valence-electron chi connectivity index (χ1n) is 9.51. The van der Waals surface area contributed by atoms with Gasteiger partial charge in [0.1, 0.15) is 11.9 Å². The molecule has 28 heavy (non-hydrogen) atoms. The zero-order valence-electron chi connectivity index (χ0n) is 15.8. The minimum atomic E-state index is 0.0904. The van der Waals surface area contributed by atoms with Crippen LogP contribution in [0.2, 0.25) is 0 Å². The Morgan fingerprint density at radius 2 is 2.04 bits per heavy atom. The highest BCUT2D eigenvalue weighted by Gasteiger charge is 2.17. The van der Waals surface area contributed by atoms with E-state index in [1.54, 1.807) is 18.6 Å². The van der Waals surface area contributed by atoms with E-state index < -0.39 is 0 Å². The van der Waals surface area contributed by atoms with Gasteiger partial charge in [0.25, 0.3) is 0 Å². The Morgan fingerprint density at radius 3 is 2.82 bits per heavy atom. The Kier molecular flexibility index (Phi) is 5.72. The van der Waals surface area contributed by atoms with Crippen LogP contribution in [-0.2, 0) is 17.7 Å². The molecule has 0 saturated carbocycles. The molecule has 1 N–H and O–H groups in total. The molecule has 0 aromatic carbocycles. The van der Waals surface area contributed by atoms with Crippen LogP contribution in [0.25, 0.3) is 11.4 Å². The molecule has 1 unspecified atom stereocenters. The largest absolute Gasteiger partial charge is 0.472 e. The second kappa shape index (κ2) is 8.75. The van der Waals surface area contributed by atoms with Crippen molar-refractivity contribution in [1.82, 2.24) is 19.9 Å². The SMILES string of the molecule is CCc1cc(NCc2ccnc(OC3CCOC3)c2)nc(-c2ccncc2)n1. The van der Waals surface area contributed by atoms with Crippen LogP contribution in [0.5, 0.6) is 5.88 Å². The quantitative estimate of drug-likeness (QED) is 0.676. The topological polar surface area (TPSA) is 82.1 Å². The monoisotopic (exact) mass is 377 g/mol. The van der Waals surface area contributed by atoms with E-state index in [0.29, 0.717) is 24.9 Å². The number of anilines is 1. The third-order valence-corrected chi connectivity index (χ3v) is 4.53. The summed E-state index contributed by atoms with van der Waals surface area (Å²) in [4.78, 5) is 17.6. The first-order valence-corrected chi connectivity index (χ1v) is 9.51. The Balaban J connectivity index is 1.47. The van der Waals surface area contributed by atoms with Crippen molar-refractivity contribution in [3.8, 4) is 17.3 Å². The van der Waals surface area contributed by atoms with Crippen molar-refractivity contribution in [2.45, 2.75) is 32.4 Å². The summed E-state index contributed by atoms with van der Waals surface area (Å²) in [6.07, 6.45) is 7.10. The highest BCUT2D eigenvalue weighted by molar-refractivity contribution is 5.56. The average Bonchev–Trinajstić information content (AvgIpc) is 3.26. The van der Waals surface area contributed by atoms with Gasteiger partial charge in [0.05, 0.1) is 13.2 Å². The van der Waals surface area contributed by atoms with Crippen LogP contribution < -0.4 is 10.1 Å². The van der Waals surface area contributed by atoms with Gasteiger partial charge < -0.3 is 14.8 Å².